The molecule has 2 aromatic carbocycles. The van der Waals surface area contributed by atoms with Crippen molar-refractivity contribution in [3.8, 4) is 0 Å². The highest BCUT2D eigenvalue weighted by atomic mass is 79.9. The fourth-order valence-corrected chi connectivity index (χ4v) is 3.67. The van der Waals surface area contributed by atoms with Gasteiger partial charge in [0.1, 0.15) is 0 Å². The van der Waals surface area contributed by atoms with E-state index in [0.717, 1.165) is 15.9 Å². The predicted molar refractivity (Wildman–Crippen MR) is 91.2 cm³/mol. The van der Waals surface area contributed by atoms with Gasteiger partial charge in [0.15, 0.2) is 0 Å². The summed E-state index contributed by atoms with van der Waals surface area (Å²) in [5.41, 5.74) is 0.669. The van der Waals surface area contributed by atoms with E-state index in [1.54, 1.807) is 24.3 Å². The molecule has 5 nitrogen and oxygen atoms in total. The second-order valence-corrected chi connectivity index (χ2v) is 8.17. The first-order chi connectivity index (χ1) is 10.7. The number of halogens is 2. The summed E-state index contributed by atoms with van der Waals surface area (Å²) in [6.45, 7) is 0.151. The van der Waals surface area contributed by atoms with Gasteiger partial charge >= 0.3 is 5.97 Å². The van der Waals surface area contributed by atoms with Crippen LogP contribution in [0.5, 0.6) is 0 Å². The molecule has 0 saturated carbocycles. The number of hydrogen-bond acceptors (Lipinski definition) is 3. The van der Waals surface area contributed by atoms with E-state index in [9.17, 15) is 13.2 Å². The third kappa shape index (κ3) is 4.11. The second-order valence-electron chi connectivity index (χ2n) is 4.83. The highest BCUT2D eigenvalue weighted by Gasteiger charge is 2.23. The largest absolute Gasteiger partial charge is 0.478 e. The van der Waals surface area contributed by atoms with Gasteiger partial charge in [0.25, 0.3) is 0 Å². The molecule has 0 aliphatic rings. The Morgan fingerprint density at radius 2 is 1.83 bits per heavy atom. The van der Waals surface area contributed by atoms with Crippen LogP contribution in [0.25, 0.3) is 0 Å². The van der Waals surface area contributed by atoms with Crippen molar-refractivity contribution >= 4 is 43.5 Å². The van der Waals surface area contributed by atoms with E-state index in [1.807, 2.05) is 0 Å². The highest BCUT2D eigenvalue weighted by Crippen LogP contribution is 2.24. The van der Waals surface area contributed by atoms with Gasteiger partial charge in [-0.3, -0.25) is 0 Å². The van der Waals surface area contributed by atoms with Gasteiger partial charge in [0, 0.05) is 23.1 Å². The van der Waals surface area contributed by atoms with Gasteiger partial charge in [-0.05, 0) is 51.8 Å². The Balaban J connectivity index is 2.32. The SMILES string of the molecule is CN(Cc1ccc(Cl)cc1)S(=O)(=O)c1ccc(Br)c(C(=O)O)c1. The zero-order valence-corrected chi connectivity index (χ0v) is 15.2. The average Bonchev–Trinajstić information content (AvgIpc) is 2.49. The highest BCUT2D eigenvalue weighted by molar-refractivity contribution is 9.10. The van der Waals surface area contributed by atoms with Crippen LogP contribution >= 0.6 is 27.5 Å². The quantitative estimate of drug-likeness (QED) is 0.805. The molecule has 0 aromatic heterocycles. The maximum Gasteiger partial charge on any atom is 0.336 e. The van der Waals surface area contributed by atoms with E-state index in [2.05, 4.69) is 15.9 Å². The first-order valence-corrected chi connectivity index (χ1v) is 9.06. The van der Waals surface area contributed by atoms with Crippen molar-refractivity contribution < 1.29 is 18.3 Å². The Hall–Kier alpha value is -1.41. The van der Waals surface area contributed by atoms with Crippen molar-refractivity contribution in [2.75, 3.05) is 7.05 Å². The molecule has 0 unspecified atom stereocenters. The van der Waals surface area contributed by atoms with Crippen molar-refractivity contribution in [2.45, 2.75) is 11.4 Å². The van der Waals surface area contributed by atoms with Gasteiger partial charge in [-0.15, -0.1) is 0 Å². The average molecular weight is 419 g/mol. The van der Waals surface area contributed by atoms with Crippen molar-refractivity contribution in [1.29, 1.82) is 0 Å². The summed E-state index contributed by atoms with van der Waals surface area (Å²) in [6.07, 6.45) is 0. The zero-order valence-electron chi connectivity index (χ0n) is 12.0. The van der Waals surface area contributed by atoms with Crippen LogP contribution < -0.4 is 0 Å². The maximum absolute atomic E-state index is 12.6. The second kappa shape index (κ2) is 7.00. The molecule has 0 saturated heterocycles. The Morgan fingerprint density at radius 1 is 1.22 bits per heavy atom. The standard InChI is InChI=1S/C15H13BrClNO4S/c1-18(9-10-2-4-11(17)5-3-10)23(21,22)12-6-7-14(16)13(8-12)15(19)20/h2-8H,9H2,1H3,(H,19,20). The third-order valence-corrected chi connectivity index (χ3v) is 5.94. The maximum atomic E-state index is 12.6. The first kappa shape index (κ1) is 17.9. The van der Waals surface area contributed by atoms with Gasteiger partial charge < -0.3 is 5.11 Å². The molecule has 0 fully saturated rings. The molecule has 0 spiro atoms. The summed E-state index contributed by atoms with van der Waals surface area (Å²) in [6, 6.07) is 10.7. The molecule has 2 aromatic rings. The number of nitrogens with zero attached hydrogens (tertiary/aromatic N) is 1. The molecule has 0 heterocycles. The smallest absolute Gasteiger partial charge is 0.336 e. The third-order valence-electron chi connectivity index (χ3n) is 3.19. The molecule has 2 rings (SSSR count). The van der Waals surface area contributed by atoms with Gasteiger partial charge in [0.2, 0.25) is 10.0 Å². The molecule has 0 aliphatic carbocycles. The Labute approximate surface area is 147 Å². The van der Waals surface area contributed by atoms with Gasteiger partial charge in [-0.1, -0.05) is 23.7 Å². The van der Waals surface area contributed by atoms with E-state index < -0.39 is 16.0 Å². The predicted octanol–water partition coefficient (Wildman–Crippen LogP) is 3.62. The molecular formula is C15H13BrClNO4S. The lowest BCUT2D eigenvalue weighted by Crippen LogP contribution is -2.26. The zero-order chi connectivity index (χ0) is 17.2. The van der Waals surface area contributed by atoms with Crippen LogP contribution in [0.1, 0.15) is 15.9 Å². The lowest BCUT2D eigenvalue weighted by molar-refractivity contribution is 0.0695. The Bertz CT molecular complexity index is 837. The number of carboxylic acids is 1. The van der Waals surface area contributed by atoms with Crippen LogP contribution in [-0.4, -0.2) is 30.8 Å². The van der Waals surface area contributed by atoms with E-state index in [-0.39, 0.29) is 17.0 Å². The number of hydrogen-bond donors (Lipinski definition) is 1. The number of sulfonamides is 1. The molecule has 122 valence electrons. The summed E-state index contributed by atoms with van der Waals surface area (Å²) in [5, 5.41) is 9.67. The topological polar surface area (TPSA) is 74.7 Å². The minimum absolute atomic E-state index is 0.0745. The Kier molecular flexibility index (Phi) is 5.46. The van der Waals surface area contributed by atoms with Gasteiger partial charge in [0.05, 0.1) is 10.5 Å². The van der Waals surface area contributed by atoms with E-state index in [4.69, 9.17) is 16.7 Å². The minimum atomic E-state index is -3.80. The minimum Gasteiger partial charge on any atom is -0.478 e. The lowest BCUT2D eigenvalue weighted by atomic mass is 10.2. The molecule has 8 heteroatoms. The van der Waals surface area contributed by atoms with Gasteiger partial charge in [-0.25, -0.2) is 13.2 Å². The van der Waals surface area contributed by atoms with Crippen molar-refractivity contribution in [3.05, 3.63) is 63.1 Å². The summed E-state index contributed by atoms with van der Waals surface area (Å²) in [7, 11) is -2.37. The monoisotopic (exact) mass is 417 g/mol. The number of carbonyl (C=O) groups is 1. The lowest BCUT2D eigenvalue weighted by Gasteiger charge is -2.18. The van der Waals surface area contributed by atoms with Crippen molar-refractivity contribution in [2.24, 2.45) is 0 Å². The van der Waals surface area contributed by atoms with Crippen LogP contribution in [0.4, 0.5) is 0 Å². The Morgan fingerprint density at radius 3 is 2.39 bits per heavy atom. The molecular weight excluding hydrogens is 406 g/mol. The summed E-state index contributed by atoms with van der Waals surface area (Å²) < 4.78 is 26.6. The summed E-state index contributed by atoms with van der Waals surface area (Å²) in [4.78, 5) is 11.1. The molecule has 0 atom stereocenters. The fourth-order valence-electron chi connectivity index (χ4n) is 1.94. The molecule has 0 bridgehead atoms. The number of carboxylic acid groups (broad SMARTS) is 1. The molecule has 0 radical (unpaired) electrons. The number of rotatable bonds is 5. The van der Waals surface area contributed by atoms with Gasteiger partial charge in [-0.2, -0.15) is 4.31 Å². The number of benzene rings is 2. The first-order valence-electron chi connectivity index (χ1n) is 6.45. The van der Waals surface area contributed by atoms with Crippen LogP contribution in [0, 0.1) is 0 Å². The molecule has 1 N–H and O–H groups in total. The van der Waals surface area contributed by atoms with E-state index in [0.29, 0.717) is 9.50 Å². The van der Waals surface area contributed by atoms with Crippen LogP contribution in [0.15, 0.2) is 51.8 Å². The van der Waals surface area contributed by atoms with E-state index in [1.165, 1.54) is 19.2 Å². The van der Waals surface area contributed by atoms with Crippen molar-refractivity contribution in [1.82, 2.24) is 4.31 Å². The van der Waals surface area contributed by atoms with Crippen LogP contribution in [0.3, 0.4) is 0 Å². The molecule has 0 amide bonds. The summed E-state index contributed by atoms with van der Waals surface area (Å²) in [5.74, 6) is -1.20. The van der Waals surface area contributed by atoms with E-state index >= 15 is 0 Å². The van der Waals surface area contributed by atoms with Crippen LogP contribution in [-0.2, 0) is 16.6 Å². The summed E-state index contributed by atoms with van der Waals surface area (Å²) >= 11 is 8.90. The fraction of sp³-hybridized carbons (Fsp3) is 0.133. The van der Waals surface area contributed by atoms with Crippen molar-refractivity contribution in [3.63, 3.8) is 0 Å². The normalized spacial score (nSPS) is 11.7. The van der Waals surface area contributed by atoms with Crippen LogP contribution in [0.2, 0.25) is 5.02 Å². The molecule has 23 heavy (non-hydrogen) atoms. The molecule has 0 aliphatic heterocycles. The number of aromatic carboxylic acids is 1.